The second-order valence-corrected chi connectivity index (χ2v) is 5.59. The van der Waals surface area contributed by atoms with Gasteiger partial charge in [-0.2, -0.15) is 5.10 Å². The van der Waals surface area contributed by atoms with Gasteiger partial charge in [0.2, 0.25) is 0 Å². The maximum atomic E-state index is 8.89. The SMILES string of the molecule is Cc1nc(C(C)C)nc(Nc2ccn(CCO)n2)c1Br. The Kier molecular flexibility index (Phi) is 4.72. The van der Waals surface area contributed by atoms with E-state index in [-0.39, 0.29) is 12.5 Å². The molecule has 0 saturated heterocycles. The summed E-state index contributed by atoms with van der Waals surface area (Å²) >= 11 is 3.50. The summed E-state index contributed by atoms with van der Waals surface area (Å²) in [5, 5.41) is 16.4. The third-order valence-electron chi connectivity index (χ3n) is 2.77. The maximum absolute atomic E-state index is 8.89. The second kappa shape index (κ2) is 6.32. The Balaban J connectivity index is 2.27. The Morgan fingerprint density at radius 3 is 2.80 bits per heavy atom. The average Bonchev–Trinajstić information content (AvgIpc) is 2.82. The van der Waals surface area contributed by atoms with Crippen molar-refractivity contribution in [2.75, 3.05) is 11.9 Å². The van der Waals surface area contributed by atoms with Gasteiger partial charge >= 0.3 is 0 Å². The van der Waals surface area contributed by atoms with Gasteiger partial charge in [0.1, 0.15) is 11.6 Å². The fourth-order valence-electron chi connectivity index (χ4n) is 1.70. The Morgan fingerprint density at radius 1 is 1.40 bits per heavy atom. The molecule has 0 unspecified atom stereocenters. The van der Waals surface area contributed by atoms with Crippen LogP contribution in [0, 0.1) is 6.92 Å². The quantitative estimate of drug-likeness (QED) is 0.875. The first kappa shape index (κ1) is 14.9. The molecule has 0 radical (unpaired) electrons. The van der Waals surface area contributed by atoms with Gasteiger partial charge in [-0.15, -0.1) is 0 Å². The van der Waals surface area contributed by atoms with Gasteiger partial charge in [-0.3, -0.25) is 4.68 Å². The molecule has 0 aliphatic heterocycles. The molecule has 108 valence electrons. The highest BCUT2D eigenvalue weighted by molar-refractivity contribution is 9.10. The highest BCUT2D eigenvalue weighted by Gasteiger charge is 2.12. The van der Waals surface area contributed by atoms with E-state index in [1.54, 1.807) is 4.68 Å². The molecule has 0 aromatic carbocycles. The standard InChI is InChI=1S/C13H18BrN5O/c1-8(2)12-15-9(3)11(14)13(17-12)16-10-4-5-19(18-10)6-7-20/h4-5,8,20H,6-7H2,1-3H3,(H,15,16,17,18). The molecule has 2 aromatic heterocycles. The molecule has 2 rings (SSSR count). The smallest absolute Gasteiger partial charge is 0.153 e. The molecule has 7 heteroatoms. The fourth-order valence-corrected chi connectivity index (χ4v) is 1.98. The number of nitrogens with zero attached hydrogens (tertiary/aromatic N) is 4. The molecule has 0 atom stereocenters. The van der Waals surface area contributed by atoms with Crippen LogP contribution in [0.15, 0.2) is 16.7 Å². The molecule has 0 amide bonds. The van der Waals surface area contributed by atoms with E-state index in [0.717, 1.165) is 16.0 Å². The van der Waals surface area contributed by atoms with Crippen molar-refractivity contribution in [3.05, 3.63) is 28.3 Å². The highest BCUT2D eigenvalue weighted by atomic mass is 79.9. The van der Waals surface area contributed by atoms with Gasteiger partial charge in [-0.1, -0.05) is 13.8 Å². The van der Waals surface area contributed by atoms with Crippen LogP contribution in [0.25, 0.3) is 0 Å². The van der Waals surface area contributed by atoms with Crippen LogP contribution < -0.4 is 5.32 Å². The van der Waals surface area contributed by atoms with Crippen LogP contribution >= 0.6 is 15.9 Å². The number of hydrogen-bond donors (Lipinski definition) is 2. The number of rotatable bonds is 5. The molecule has 0 aliphatic rings. The number of aromatic nitrogens is 4. The van der Waals surface area contributed by atoms with Crippen LogP contribution in [-0.2, 0) is 6.54 Å². The van der Waals surface area contributed by atoms with Crippen molar-refractivity contribution in [1.29, 1.82) is 0 Å². The Labute approximate surface area is 126 Å². The third kappa shape index (κ3) is 3.34. The molecule has 0 spiro atoms. The van der Waals surface area contributed by atoms with Crippen molar-refractivity contribution < 1.29 is 5.11 Å². The zero-order valence-electron chi connectivity index (χ0n) is 11.8. The van der Waals surface area contributed by atoms with Gasteiger partial charge in [0.15, 0.2) is 5.82 Å². The number of aliphatic hydroxyl groups excluding tert-OH is 1. The number of halogens is 1. The minimum absolute atomic E-state index is 0.0644. The topological polar surface area (TPSA) is 75.9 Å². The molecular weight excluding hydrogens is 322 g/mol. The molecule has 0 saturated carbocycles. The number of nitrogens with one attached hydrogen (secondary N) is 1. The van der Waals surface area contributed by atoms with Crippen molar-refractivity contribution in [3.63, 3.8) is 0 Å². The lowest BCUT2D eigenvalue weighted by Gasteiger charge is -2.11. The van der Waals surface area contributed by atoms with Crippen molar-refractivity contribution in [1.82, 2.24) is 19.7 Å². The first-order valence-electron chi connectivity index (χ1n) is 6.46. The Hall–Kier alpha value is -1.47. The van der Waals surface area contributed by atoms with Gasteiger partial charge in [-0.05, 0) is 22.9 Å². The third-order valence-corrected chi connectivity index (χ3v) is 3.72. The highest BCUT2D eigenvalue weighted by Crippen LogP contribution is 2.27. The summed E-state index contributed by atoms with van der Waals surface area (Å²) in [6.07, 6.45) is 1.81. The van der Waals surface area contributed by atoms with E-state index < -0.39 is 0 Å². The van der Waals surface area contributed by atoms with Gasteiger partial charge < -0.3 is 10.4 Å². The normalized spacial score (nSPS) is 11.1. The van der Waals surface area contributed by atoms with E-state index in [0.29, 0.717) is 18.2 Å². The fraction of sp³-hybridized carbons (Fsp3) is 0.462. The minimum atomic E-state index is 0.0644. The summed E-state index contributed by atoms with van der Waals surface area (Å²) in [5.41, 5.74) is 0.890. The largest absolute Gasteiger partial charge is 0.394 e. The van der Waals surface area contributed by atoms with E-state index in [1.165, 1.54) is 0 Å². The minimum Gasteiger partial charge on any atom is -0.394 e. The molecule has 2 heterocycles. The number of aliphatic hydroxyl groups is 1. The predicted octanol–water partition coefficient (Wildman–Crippen LogP) is 2.60. The number of aryl methyl sites for hydroxylation is 1. The summed E-state index contributed by atoms with van der Waals surface area (Å²) < 4.78 is 2.51. The van der Waals surface area contributed by atoms with Crippen molar-refractivity contribution in [3.8, 4) is 0 Å². The predicted molar refractivity (Wildman–Crippen MR) is 81.2 cm³/mol. The Morgan fingerprint density at radius 2 is 2.15 bits per heavy atom. The molecule has 2 N–H and O–H groups in total. The zero-order chi connectivity index (χ0) is 14.7. The molecule has 0 aliphatic carbocycles. The van der Waals surface area contributed by atoms with Crippen LogP contribution in [0.4, 0.5) is 11.6 Å². The maximum Gasteiger partial charge on any atom is 0.153 e. The van der Waals surface area contributed by atoms with Gasteiger partial charge in [-0.25, -0.2) is 9.97 Å². The van der Waals surface area contributed by atoms with E-state index in [2.05, 4.69) is 50.2 Å². The average molecular weight is 340 g/mol. The van der Waals surface area contributed by atoms with E-state index in [9.17, 15) is 0 Å². The van der Waals surface area contributed by atoms with Crippen LogP contribution in [0.1, 0.15) is 31.3 Å². The molecule has 0 bridgehead atoms. The lowest BCUT2D eigenvalue weighted by Crippen LogP contribution is -2.06. The number of anilines is 2. The molecule has 0 fully saturated rings. The zero-order valence-corrected chi connectivity index (χ0v) is 13.3. The first-order chi connectivity index (χ1) is 9.51. The van der Waals surface area contributed by atoms with Crippen molar-refractivity contribution >= 4 is 27.6 Å². The molecule has 6 nitrogen and oxygen atoms in total. The van der Waals surface area contributed by atoms with Crippen molar-refractivity contribution in [2.45, 2.75) is 33.2 Å². The van der Waals surface area contributed by atoms with Crippen molar-refractivity contribution in [2.24, 2.45) is 0 Å². The summed E-state index contributed by atoms with van der Waals surface area (Å²) in [4.78, 5) is 8.97. The van der Waals surface area contributed by atoms with E-state index in [1.807, 2.05) is 19.2 Å². The van der Waals surface area contributed by atoms with Crippen LogP contribution in [0.3, 0.4) is 0 Å². The Bertz CT molecular complexity index is 596. The van der Waals surface area contributed by atoms with Gasteiger partial charge in [0, 0.05) is 18.2 Å². The summed E-state index contributed by atoms with van der Waals surface area (Å²) in [5.74, 6) is 2.44. The summed E-state index contributed by atoms with van der Waals surface area (Å²) in [6, 6.07) is 1.84. The molecular formula is C13H18BrN5O. The lowest BCUT2D eigenvalue weighted by atomic mass is 10.2. The first-order valence-corrected chi connectivity index (χ1v) is 7.26. The van der Waals surface area contributed by atoms with Crippen LogP contribution in [0.2, 0.25) is 0 Å². The van der Waals surface area contributed by atoms with E-state index in [4.69, 9.17) is 5.11 Å². The molecule has 20 heavy (non-hydrogen) atoms. The van der Waals surface area contributed by atoms with Gasteiger partial charge in [0.25, 0.3) is 0 Å². The van der Waals surface area contributed by atoms with E-state index >= 15 is 0 Å². The number of hydrogen-bond acceptors (Lipinski definition) is 5. The second-order valence-electron chi connectivity index (χ2n) is 4.80. The lowest BCUT2D eigenvalue weighted by molar-refractivity contribution is 0.269. The molecule has 2 aromatic rings. The van der Waals surface area contributed by atoms with Crippen LogP contribution in [-0.4, -0.2) is 31.5 Å². The summed E-state index contributed by atoms with van der Waals surface area (Å²) in [6.45, 7) is 6.59. The van der Waals surface area contributed by atoms with Crippen LogP contribution in [0.5, 0.6) is 0 Å². The summed E-state index contributed by atoms with van der Waals surface area (Å²) in [7, 11) is 0. The van der Waals surface area contributed by atoms with Gasteiger partial charge in [0.05, 0.1) is 23.3 Å². The monoisotopic (exact) mass is 339 g/mol.